The largest absolute Gasteiger partial charge is 0.480 e. The van der Waals surface area contributed by atoms with Crippen LogP contribution in [0.25, 0.3) is 0 Å². The average Bonchev–Trinajstić information content (AvgIpc) is 2.71. The Morgan fingerprint density at radius 1 is 1.15 bits per heavy atom. The third kappa shape index (κ3) is 4.20. The van der Waals surface area contributed by atoms with Crippen molar-refractivity contribution in [2.75, 3.05) is 19.6 Å². The zero-order valence-corrected chi connectivity index (χ0v) is 12.1. The topological polar surface area (TPSA) is 69.6 Å². The summed E-state index contributed by atoms with van der Waals surface area (Å²) in [6, 6.07) is -0.602. The second kappa shape index (κ2) is 7.62. The van der Waals surface area contributed by atoms with Crippen molar-refractivity contribution >= 4 is 11.9 Å². The molecule has 0 aromatic rings. The van der Waals surface area contributed by atoms with Crippen molar-refractivity contribution in [3.05, 3.63) is 0 Å². The van der Waals surface area contributed by atoms with Crippen LogP contribution in [-0.4, -0.2) is 47.6 Å². The molecule has 0 spiro atoms. The fourth-order valence-electron chi connectivity index (χ4n) is 3.31. The van der Waals surface area contributed by atoms with Crippen LogP contribution in [0.15, 0.2) is 0 Å². The fraction of sp³-hybridized carbons (Fsp3) is 0.867. The van der Waals surface area contributed by atoms with E-state index in [4.69, 9.17) is 0 Å². The minimum Gasteiger partial charge on any atom is -0.480 e. The number of carbonyl (C=O) groups excluding carboxylic acids is 1. The van der Waals surface area contributed by atoms with Gasteiger partial charge in [-0.25, -0.2) is 4.79 Å². The first-order valence-corrected chi connectivity index (χ1v) is 7.91. The van der Waals surface area contributed by atoms with Crippen LogP contribution in [-0.2, 0) is 9.59 Å². The third-order valence-electron chi connectivity index (χ3n) is 4.52. The quantitative estimate of drug-likeness (QED) is 0.822. The third-order valence-corrected chi connectivity index (χ3v) is 4.52. The molecule has 5 nitrogen and oxygen atoms in total. The summed E-state index contributed by atoms with van der Waals surface area (Å²) in [4.78, 5) is 25.3. The first-order valence-electron chi connectivity index (χ1n) is 7.91. The monoisotopic (exact) mass is 282 g/mol. The first-order chi connectivity index (χ1) is 9.68. The molecule has 0 radical (unpaired) electrons. The van der Waals surface area contributed by atoms with E-state index in [0.29, 0.717) is 25.3 Å². The molecule has 5 heteroatoms. The van der Waals surface area contributed by atoms with Crippen LogP contribution >= 0.6 is 0 Å². The zero-order valence-electron chi connectivity index (χ0n) is 12.1. The van der Waals surface area contributed by atoms with Crippen molar-refractivity contribution in [3.63, 3.8) is 0 Å². The molecule has 1 amide bonds. The van der Waals surface area contributed by atoms with Gasteiger partial charge in [0.1, 0.15) is 6.04 Å². The minimum absolute atomic E-state index is 0.0323. The van der Waals surface area contributed by atoms with Gasteiger partial charge in [-0.05, 0) is 51.1 Å². The smallest absolute Gasteiger partial charge is 0.326 e. The Balaban J connectivity index is 1.86. The van der Waals surface area contributed by atoms with Gasteiger partial charge in [0.2, 0.25) is 5.91 Å². The molecule has 0 aromatic carbocycles. The molecular weight excluding hydrogens is 256 g/mol. The molecule has 0 aromatic heterocycles. The predicted octanol–water partition coefficient (Wildman–Crippen LogP) is 1.62. The standard InChI is InChI=1S/C15H26N2O3/c18-14(8-7-12-5-4-9-16-11-12)17-10-3-1-2-6-13(17)15(19)20/h12-13,16H,1-11H2,(H,19,20). The van der Waals surface area contributed by atoms with E-state index in [0.717, 1.165) is 38.8 Å². The second-order valence-electron chi connectivity index (χ2n) is 6.04. The van der Waals surface area contributed by atoms with E-state index in [1.165, 1.54) is 12.8 Å². The van der Waals surface area contributed by atoms with Crippen molar-refractivity contribution < 1.29 is 14.7 Å². The van der Waals surface area contributed by atoms with Gasteiger partial charge >= 0.3 is 5.97 Å². The molecule has 2 saturated heterocycles. The number of aliphatic carboxylic acids is 1. The molecule has 2 rings (SSSR count). The summed E-state index contributed by atoms with van der Waals surface area (Å²) >= 11 is 0. The summed E-state index contributed by atoms with van der Waals surface area (Å²) in [5.41, 5.74) is 0. The van der Waals surface area contributed by atoms with Crippen molar-refractivity contribution in [2.45, 2.75) is 57.4 Å². The first kappa shape index (κ1) is 15.3. The van der Waals surface area contributed by atoms with Gasteiger partial charge in [0.25, 0.3) is 0 Å². The van der Waals surface area contributed by atoms with Crippen LogP contribution in [0.3, 0.4) is 0 Å². The van der Waals surface area contributed by atoms with Crippen LogP contribution in [0, 0.1) is 5.92 Å². The Hall–Kier alpha value is -1.10. The van der Waals surface area contributed by atoms with Crippen molar-refractivity contribution in [1.29, 1.82) is 0 Å². The number of amides is 1. The maximum absolute atomic E-state index is 12.4. The molecule has 114 valence electrons. The number of rotatable bonds is 4. The number of likely N-dealkylation sites (tertiary alicyclic amines) is 1. The second-order valence-corrected chi connectivity index (χ2v) is 6.04. The van der Waals surface area contributed by atoms with Crippen LogP contribution in [0.5, 0.6) is 0 Å². The van der Waals surface area contributed by atoms with Gasteiger partial charge in [-0.1, -0.05) is 12.8 Å². The summed E-state index contributed by atoms with van der Waals surface area (Å²) in [7, 11) is 0. The van der Waals surface area contributed by atoms with E-state index in [9.17, 15) is 14.7 Å². The maximum atomic E-state index is 12.4. The average molecular weight is 282 g/mol. The van der Waals surface area contributed by atoms with Crippen LogP contribution in [0.1, 0.15) is 51.4 Å². The van der Waals surface area contributed by atoms with E-state index in [1.54, 1.807) is 4.90 Å². The molecule has 2 atom stereocenters. The highest BCUT2D eigenvalue weighted by atomic mass is 16.4. The molecule has 0 aliphatic carbocycles. The van der Waals surface area contributed by atoms with Gasteiger partial charge < -0.3 is 15.3 Å². The molecule has 2 fully saturated rings. The van der Waals surface area contributed by atoms with Crippen molar-refractivity contribution in [3.8, 4) is 0 Å². The number of nitrogens with one attached hydrogen (secondary N) is 1. The predicted molar refractivity (Wildman–Crippen MR) is 76.4 cm³/mol. The Morgan fingerprint density at radius 2 is 2.00 bits per heavy atom. The molecular formula is C15H26N2O3. The molecule has 2 aliphatic rings. The molecule has 0 bridgehead atoms. The van der Waals surface area contributed by atoms with Crippen LogP contribution < -0.4 is 5.32 Å². The van der Waals surface area contributed by atoms with Gasteiger partial charge in [0.05, 0.1) is 0 Å². The van der Waals surface area contributed by atoms with Gasteiger partial charge in [0, 0.05) is 13.0 Å². The lowest BCUT2D eigenvalue weighted by Crippen LogP contribution is -2.44. The van der Waals surface area contributed by atoms with E-state index in [2.05, 4.69) is 5.32 Å². The van der Waals surface area contributed by atoms with Gasteiger partial charge in [-0.2, -0.15) is 0 Å². The number of carboxylic acid groups (broad SMARTS) is 1. The SMILES string of the molecule is O=C(O)C1CCCCCN1C(=O)CCC1CCCNC1. The van der Waals surface area contributed by atoms with E-state index in [-0.39, 0.29) is 5.91 Å². The summed E-state index contributed by atoms with van der Waals surface area (Å²) < 4.78 is 0. The number of carbonyl (C=O) groups is 2. The fourth-order valence-corrected chi connectivity index (χ4v) is 3.31. The molecule has 2 heterocycles. The van der Waals surface area contributed by atoms with E-state index in [1.807, 2.05) is 0 Å². The maximum Gasteiger partial charge on any atom is 0.326 e. The molecule has 0 saturated carbocycles. The van der Waals surface area contributed by atoms with Crippen LogP contribution in [0.4, 0.5) is 0 Å². The highest BCUT2D eigenvalue weighted by Gasteiger charge is 2.30. The highest BCUT2D eigenvalue weighted by Crippen LogP contribution is 2.21. The number of hydrogen-bond donors (Lipinski definition) is 2. The zero-order chi connectivity index (χ0) is 14.4. The van der Waals surface area contributed by atoms with Crippen molar-refractivity contribution in [1.82, 2.24) is 10.2 Å². The minimum atomic E-state index is -0.848. The summed E-state index contributed by atoms with van der Waals surface area (Å²) in [6.45, 7) is 2.69. The molecule has 2 aliphatic heterocycles. The Bertz CT molecular complexity index is 340. The molecule has 20 heavy (non-hydrogen) atoms. The number of hydrogen-bond acceptors (Lipinski definition) is 3. The summed E-state index contributed by atoms with van der Waals surface area (Å²) in [5, 5.41) is 12.7. The Kier molecular flexibility index (Phi) is 5.83. The molecule has 2 unspecified atom stereocenters. The van der Waals surface area contributed by atoms with E-state index >= 15 is 0 Å². The normalized spacial score (nSPS) is 27.9. The van der Waals surface area contributed by atoms with Crippen LogP contribution in [0.2, 0.25) is 0 Å². The van der Waals surface area contributed by atoms with Crippen molar-refractivity contribution in [2.24, 2.45) is 5.92 Å². The van der Waals surface area contributed by atoms with Gasteiger partial charge in [0.15, 0.2) is 0 Å². The number of carboxylic acids is 1. The lowest BCUT2D eigenvalue weighted by atomic mass is 9.94. The van der Waals surface area contributed by atoms with Gasteiger partial charge in [-0.3, -0.25) is 4.79 Å². The van der Waals surface area contributed by atoms with E-state index < -0.39 is 12.0 Å². The Morgan fingerprint density at radius 3 is 2.70 bits per heavy atom. The lowest BCUT2D eigenvalue weighted by Gasteiger charge is -2.28. The number of piperidine rings is 1. The number of nitrogens with zero attached hydrogens (tertiary/aromatic N) is 1. The van der Waals surface area contributed by atoms with Gasteiger partial charge in [-0.15, -0.1) is 0 Å². The highest BCUT2D eigenvalue weighted by molar-refractivity contribution is 5.83. The summed E-state index contributed by atoms with van der Waals surface area (Å²) in [6.07, 6.45) is 7.22. The lowest BCUT2D eigenvalue weighted by molar-refractivity contribution is -0.150. The molecule has 2 N–H and O–H groups in total. The summed E-state index contributed by atoms with van der Waals surface area (Å²) in [5.74, 6) is -0.243. The Labute approximate surface area is 120 Å².